The number of imidazole rings is 1. The number of para-hydroxylation sites is 2. The van der Waals surface area contributed by atoms with Gasteiger partial charge in [-0.25, -0.2) is 9.78 Å². The average Bonchev–Trinajstić information content (AvgIpc) is 3.17. The Morgan fingerprint density at radius 1 is 0.900 bits per heavy atom. The smallest absolute Gasteiger partial charge is 0.320 e. The van der Waals surface area contributed by atoms with Crippen LogP contribution in [0.4, 0.5) is 4.79 Å². The topological polar surface area (TPSA) is 69.8 Å². The van der Waals surface area contributed by atoms with E-state index in [9.17, 15) is 4.79 Å². The van der Waals surface area contributed by atoms with E-state index in [4.69, 9.17) is 28.2 Å². The second kappa shape index (κ2) is 7.52. The second-order valence-corrected chi connectivity index (χ2v) is 7.80. The number of hydrogen-bond donors (Lipinski definition) is 3. The van der Waals surface area contributed by atoms with Gasteiger partial charge in [0.2, 0.25) is 0 Å². The van der Waals surface area contributed by atoms with Crippen LogP contribution in [0, 0.1) is 0 Å². The van der Waals surface area contributed by atoms with Gasteiger partial charge in [0, 0.05) is 15.6 Å². The van der Waals surface area contributed by atoms with Gasteiger partial charge in [0.05, 0.1) is 22.8 Å². The Balaban J connectivity index is 1.79. The van der Waals surface area contributed by atoms with Crippen molar-refractivity contribution in [1.29, 1.82) is 0 Å². The van der Waals surface area contributed by atoms with E-state index < -0.39 is 6.04 Å². The van der Waals surface area contributed by atoms with Crippen molar-refractivity contribution in [2.45, 2.75) is 6.04 Å². The highest BCUT2D eigenvalue weighted by molar-refractivity contribution is 6.35. The molecule has 4 aromatic rings. The van der Waals surface area contributed by atoms with Crippen LogP contribution < -0.4 is 10.6 Å². The first-order valence-electron chi connectivity index (χ1n) is 9.37. The van der Waals surface area contributed by atoms with Gasteiger partial charge >= 0.3 is 6.03 Å². The van der Waals surface area contributed by atoms with Crippen LogP contribution >= 0.6 is 23.2 Å². The molecule has 0 saturated heterocycles. The summed E-state index contributed by atoms with van der Waals surface area (Å²) in [5.41, 5.74) is 4.82. The van der Waals surface area contributed by atoms with Gasteiger partial charge in [-0.3, -0.25) is 0 Å². The maximum absolute atomic E-state index is 12.6. The lowest BCUT2D eigenvalue weighted by atomic mass is 9.92. The standard InChI is InChI=1S/C23H16Cl2N4O/c24-14-10-11-15(16(25)12-14)21-19(22-26-17-8-4-5-9-18(17)27-22)20(28-23(30)29-21)13-6-2-1-3-7-13/h1-12,21H,(H,26,27)(H2,28,29,30). The number of aromatic nitrogens is 2. The number of urea groups is 1. The third-order valence-electron chi connectivity index (χ3n) is 5.05. The molecule has 5 rings (SSSR count). The van der Waals surface area contributed by atoms with Crippen molar-refractivity contribution in [2.75, 3.05) is 0 Å². The van der Waals surface area contributed by atoms with Crippen LogP contribution in [-0.2, 0) is 0 Å². The monoisotopic (exact) mass is 434 g/mol. The van der Waals surface area contributed by atoms with Gasteiger partial charge in [0.25, 0.3) is 0 Å². The highest BCUT2D eigenvalue weighted by Crippen LogP contribution is 2.40. The van der Waals surface area contributed by atoms with Gasteiger partial charge in [-0.05, 0) is 35.4 Å². The Morgan fingerprint density at radius 3 is 2.43 bits per heavy atom. The predicted octanol–water partition coefficient (Wildman–Crippen LogP) is 5.79. The van der Waals surface area contributed by atoms with Crippen molar-refractivity contribution < 1.29 is 4.79 Å². The van der Waals surface area contributed by atoms with E-state index in [1.807, 2.05) is 60.7 Å². The van der Waals surface area contributed by atoms with Crippen LogP contribution in [0.25, 0.3) is 22.3 Å². The van der Waals surface area contributed by atoms with Gasteiger partial charge in [-0.1, -0.05) is 71.7 Å². The molecular weight excluding hydrogens is 419 g/mol. The summed E-state index contributed by atoms with van der Waals surface area (Å²) in [5, 5.41) is 6.94. The number of amides is 2. The average molecular weight is 435 g/mol. The molecule has 30 heavy (non-hydrogen) atoms. The summed E-state index contributed by atoms with van der Waals surface area (Å²) in [4.78, 5) is 20.8. The zero-order valence-corrected chi connectivity index (χ0v) is 17.1. The van der Waals surface area contributed by atoms with E-state index >= 15 is 0 Å². The number of nitrogens with one attached hydrogen (secondary N) is 3. The Bertz CT molecular complexity index is 1260. The molecule has 1 atom stereocenters. The van der Waals surface area contributed by atoms with Crippen LogP contribution in [0.3, 0.4) is 0 Å². The zero-order chi connectivity index (χ0) is 20.7. The van der Waals surface area contributed by atoms with Gasteiger partial charge < -0.3 is 15.6 Å². The first kappa shape index (κ1) is 18.7. The number of carbonyl (C=O) groups is 1. The second-order valence-electron chi connectivity index (χ2n) is 6.95. The van der Waals surface area contributed by atoms with Crippen molar-refractivity contribution in [3.63, 3.8) is 0 Å². The Labute approximate surface area is 182 Å². The molecule has 2 amide bonds. The molecule has 0 bridgehead atoms. The fourth-order valence-electron chi connectivity index (χ4n) is 3.70. The van der Waals surface area contributed by atoms with Gasteiger partial charge in [0.1, 0.15) is 5.82 Å². The van der Waals surface area contributed by atoms with Crippen molar-refractivity contribution in [3.8, 4) is 0 Å². The lowest BCUT2D eigenvalue weighted by Gasteiger charge is -2.30. The van der Waals surface area contributed by atoms with Gasteiger partial charge in [-0.2, -0.15) is 0 Å². The molecule has 1 aliphatic heterocycles. The van der Waals surface area contributed by atoms with E-state index in [0.717, 1.165) is 27.7 Å². The molecule has 1 aromatic heterocycles. The van der Waals surface area contributed by atoms with E-state index in [1.54, 1.807) is 12.1 Å². The zero-order valence-electron chi connectivity index (χ0n) is 15.6. The number of rotatable bonds is 3. The molecule has 3 N–H and O–H groups in total. The van der Waals surface area contributed by atoms with Crippen LogP contribution in [0.15, 0.2) is 72.8 Å². The fourth-order valence-corrected chi connectivity index (χ4v) is 4.22. The van der Waals surface area contributed by atoms with Crippen LogP contribution in [0.1, 0.15) is 23.0 Å². The maximum atomic E-state index is 12.6. The van der Waals surface area contributed by atoms with Crippen molar-refractivity contribution in [2.24, 2.45) is 0 Å². The minimum Gasteiger partial charge on any atom is -0.338 e. The van der Waals surface area contributed by atoms with Crippen LogP contribution in [-0.4, -0.2) is 16.0 Å². The molecule has 1 unspecified atom stereocenters. The number of halogens is 2. The molecule has 0 saturated carbocycles. The number of benzene rings is 3. The molecule has 0 radical (unpaired) electrons. The SMILES string of the molecule is O=C1NC(c2ccccc2)=C(c2nc3ccccc3[nH]2)C(c2ccc(Cl)cc2Cl)N1. The number of aromatic amines is 1. The summed E-state index contributed by atoms with van der Waals surface area (Å²) in [5.74, 6) is 0.651. The summed E-state index contributed by atoms with van der Waals surface area (Å²) in [6.07, 6.45) is 0. The summed E-state index contributed by atoms with van der Waals surface area (Å²) in [6, 6.07) is 21.9. The van der Waals surface area contributed by atoms with E-state index in [1.165, 1.54) is 0 Å². The van der Waals surface area contributed by atoms with Crippen molar-refractivity contribution >= 4 is 51.5 Å². The normalized spacial score (nSPS) is 16.5. The molecule has 0 spiro atoms. The summed E-state index contributed by atoms with van der Waals surface area (Å²) in [6.45, 7) is 0. The van der Waals surface area contributed by atoms with E-state index in [-0.39, 0.29) is 6.03 Å². The summed E-state index contributed by atoms with van der Waals surface area (Å²) < 4.78 is 0. The van der Waals surface area contributed by atoms with Crippen molar-refractivity contribution in [3.05, 3.63) is 99.8 Å². The van der Waals surface area contributed by atoms with Crippen LogP contribution in [0.2, 0.25) is 10.0 Å². The highest BCUT2D eigenvalue weighted by Gasteiger charge is 2.33. The number of fused-ring (bicyclic) bond motifs is 1. The predicted molar refractivity (Wildman–Crippen MR) is 120 cm³/mol. The van der Waals surface area contributed by atoms with E-state index in [0.29, 0.717) is 21.6 Å². The first-order valence-corrected chi connectivity index (χ1v) is 10.1. The third-order valence-corrected chi connectivity index (χ3v) is 5.61. The molecule has 1 aliphatic rings. The largest absolute Gasteiger partial charge is 0.338 e. The number of hydrogen-bond acceptors (Lipinski definition) is 2. The Hall–Kier alpha value is -3.28. The minimum atomic E-state index is -0.515. The van der Waals surface area contributed by atoms with Crippen molar-refractivity contribution in [1.82, 2.24) is 20.6 Å². The van der Waals surface area contributed by atoms with Gasteiger partial charge in [0.15, 0.2) is 0 Å². The molecule has 7 heteroatoms. The number of H-pyrrole nitrogens is 1. The first-order chi connectivity index (χ1) is 14.6. The molecule has 3 aromatic carbocycles. The van der Waals surface area contributed by atoms with Crippen LogP contribution in [0.5, 0.6) is 0 Å². The number of carbonyl (C=O) groups excluding carboxylic acids is 1. The quantitative estimate of drug-likeness (QED) is 0.381. The lowest BCUT2D eigenvalue weighted by Crippen LogP contribution is -2.43. The van der Waals surface area contributed by atoms with E-state index in [2.05, 4.69) is 15.6 Å². The number of nitrogens with zero attached hydrogens (tertiary/aromatic N) is 1. The Morgan fingerprint density at radius 2 is 1.67 bits per heavy atom. The minimum absolute atomic E-state index is 0.315. The molecule has 5 nitrogen and oxygen atoms in total. The van der Waals surface area contributed by atoms with Gasteiger partial charge in [-0.15, -0.1) is 0 Å². The molecule has 0 fully saturated rings. The lowest BCUT2D eigenvalue weighted by molar-refractivity contribution is 0.242. The summed E-state index contributed by atoms with van der Waals surface area (Å²) >= 11 is 12.6. The molecule has 2 heterocycles. The Kier molecular flexibility index (Phi) is 4.69. The third kappa shape index (κ3) is 3.32. The molecule has 0 aliphatic carbocycles. The highest BCUT2D eigenvalue weighted by atomic mass is 35.5. The fraction of sp³-hybridized carbons (Fsp3) is 0.0435. The molecule has 148 valence electrons. The maximum Gasteiger partial charge on any atom is 0.320 e. The summed E-state index contributed by atoms with van der Waals surface area (Å²) in [7, 11) is 0. The molecular formula is C23H16Cl2N4O.